The molecule has 8 nitrogen and oxygen atoms in total. The van der Waals surface area contributed by atoms with E-state index in [1.807, 2.05) is 11.1 Å². The number of nitrogens with one attached hydrogen (secondary N) is 2. The molecule has 2 aromatic carbocycles. The SMILES string of the molecule is C=C(CN(C)CCC)N/C(=C\N)c1ccc(-c2ccc(-c3cnc(CN(CCC)C(=O)CCCOC)[nH]3)cc2)cc1. The predicted octanol–water partition coefficient (Wildman–Crippen LogP) is 5.61. The van der Waals surface area contributed by atoms with Crippen molar-refractivity contribution in [1.82, 2.24) is 25.1 Å². The van der Waals surface area contributed by atoms with Gasteiger partial charge < -0.3 is 30.6 Å². The van der Waals surface area contributed by atoms with Gasteiger partial charge in [0.25, 0.3) is 0 Å². The van der Waals surface area contributed by atoms with Gasteiger partial charge in [-0.3, -0.25) is 4.79 Å². The highest BCUT2D eigenvalue weighted by atomic mass is 16.5. The van der Waals surface area contributed by atoms with Crippen molar-refractivity contribution in [3.63, 3.8) is 0 Å². The van der Waals surface area contributed by atoms with E-state index in [4.69, 9.17) is 10.5 Å². The third kappa shape index (κ3) is 9.62. The van der Waals surface area contributed by atoms with E-state index < -0.39 is 0 Å². The highest BCUT2D eigenvalue weighted by Crippen LogP contribution is 2.26. The van der Waals surface area contributed by atoms with Gasteiger partial charge in [0.1, 0.15) is 5.82 Å². The number of ether oxygens (including phenoxy) is 1. The molecular weight excluding hydrogens is 512 g/mol. The molecule has 3 rings (SSSR count). The van der Waals surface area contributed by atoms with E-state index >= 15 is 0 Å². The van der Waals surface area contributed by atoms with Gasteiger partial charge in [0, 0.05) is 45.1 Å². The number of aromatic nitrogens is 2. The number of nitrogens with zero attached hydrogens (tertiary/aromatic N) is 3. The number of amides is 1. The second-order valence-electron chi connectivity index (χ2n) is 10.4. The standard InChI is InChI=1S/C33H46N6O2/c1-6-18-38(4)23-25(3)36-30(21-34)28-14-10-26(11-15-28)27-12-16-29(17-13-27)31-22-35-32(37-31)24-39(19-7-2)33(40)9-8-20-41-5/h10-17,21-22,36H,3,6-9,18-20,23-24,34H2,1-2,4-5H3,(H,35,37)/b30-21-. The van der Waals surface area contributed by atoms with Crippen LogP contribution in [-0.2, 0) is 16.1 Å². The number of methoxy groups -OCH3 is 1. The van der Waals surface area contributed by atoms with Crippen LogP contribution in [0.2, 0.25) is 0 Å². The Balaban J connectivity index is 1.63. The van der Waals surface area contributed by atoms with Gasteiger partial charge in [-0.15, -0.1) is 0 Å². The zero-order chi connectivity index (χ0) is 29.6. The lowest BCUT2D eigenvalue weighted by molar-refractivity contribution is -0.132. The Morgan fingerprint density at radius 3 is 2.29 bits per heavy atom. The fourth-order valence-electron chi connectivity index (χ4n) is 4.77. The first-order valence-corrected chi connectivity index (χ1v) is 14.5. The summed E-state index contributed by atoms with van der Waals surface area (Å²) in [5.41, 5.74) is 12.9. The minimum atomic E-state index is 0.131. The Kier molecular flexibility index (Phi) is 12.7. The highest BCUT2D eigenvalue weighted by molar-refractivity contribution is 5.76. The van der Waals surface area contributed by atoms with Gasteiger partial charge in [0.05, 0.1) is 24.1 Å². The summed E-state index contributed by atoms with van der Waals surface area (Å²) in [6.45, 7) is 12.0. The Labute approximate surface area is 245 Å². The fourth-order valence-corrected chi connectivity index (χ4v) is 4.77. The lowest BCUT2D eigenvalue weighted by Gasteiger charge is -2.21. The second kappa shape index (κ2) is 16.4. The Hall–Kier alpha value is -3.88. The van der Waals surface area contributed by atoms with Gasteiger partial charge in [0.15, 0.2) is 0 Å². The summed E-state index contributed by atoms with van der Waals surface area (Å²) in [6.07, 6.45) is 6.63. The number of hydrogen-bond donors (Lipinski definition) is 3. The van der Waals surface area contributed by atoms with Gasteiger partial charge in [-0.25, -0.2) is 4.98 Å². The quantitative estimate of drug-likeness (QED) is 0.186. The van der Waals surface area contributed by atoms with Gasteiger partial charge in [0.2, 0.25) is 5.91 Å². The molecule has 0 saturated heterocycles. The van der Waals surface area contributed by atoms with Crippen LogP contribution in [0.4, 0.5) is 0 Å². The predicted molar refractivity (Wildman–Crippen MR) is 169 cm³/mol. The van der Waals surface area contributed by atoms with Gasteiger partial charge >= 0.3 is 0 Å². The summed E-state index contributed by atoms with van der Waals surface area (Å²) in [4.78, 5) is 24.7. The van der Waals surface area contributed by atoms with E-state index in [-0.39, 0.29) is 5.91 Å². The summed E-state index contributed by atoms with van der Waals surface area (Å²) in [5, 5.41) is 3.36. The van der Waals surface area contributed by atoms with Crippen molar-refractivity contribution in [2.24, 2.45) is 5.73 Å². The van der Waals surface area contributed by atoms with E-state index in [0.717, 1.165) is 77.5 Å². The topological polar surface area (TPSA) is 99.5 Å². The second-order valence-corrected chi connectivity index (χ2v) is 10.4. The molecule has 4 N–H and O–H groups in total. The Morgan fingerprint density at radius 1 is 1.05 bits per heavy atom. The number of carbonyl (C=O) groups excluding carboxylic acids is 1. The van der Waals surface area contributed by atoms with Crippen molar-refractivity contribution in [2.75, 3.05) is 40.4 Å². The van der Waals surface area contributed by atoms with E-state index in [1.54, 1.807) is 13.3 Å². The smallest absolute Gasteiger partial charge is 0.223 e. The molecule has 0 unspecified atom stereocenters. The zero-order valence-electron chi connectivity index (χ0n) is 25.1. The summed E-state index contributed by atoms with van der Waals surface area (Å²) in [5.74, 6) is 0.914. The number of imidazole rings is 1. The normalized spacial score (nSPS) is 11.6. The number of rotatable bonds is 17. The van der Waals surface area contributed by atoms with Crippen molar-refractivity contribution < 1.29 is 9.53 Å². The van der Waals surface area contributed by atoms with Gasteiger partial charge in [-0.05, 0) is 55.1 Å². The van der Waals surface area contributed by atoms with E-state index in [1.165, 1.54) is 0 Å². The highest BCUT2D eigenvalue weighted by Gasteiger charge is 2.15. The van der Waals surface area contributed by atoms with Crippen LogP contribution in [0, 0.1) is 0 Å². The summed E-state index contributed by atoms with van der Waals surface area (Å²) in [7, 11) is 3.74. The first-order valence-electron chi connectivity index (χ1n) is 14.5. The van der Waals surface area contributed by atoms with Crippen LogP contribution in [-0.4, -0.2) is 66.1 Å². The van der Waals surface area contributed by atoms with Crippen LogP contribution in [0.15, 0.2) is 73.2 Å². The van der Waals surface area contributed by atoms with E-state index in [9.17, 15) is 4.79 Å². The molecule has 1 aromatic heterocycles. The van der Waals surface area contributed by atoms with Gasteiger partial charge in [-0.2, -0.15) is 0 Å². The number of carbonyl (C=O) groups is 1. The van der Waals surface area contributed by atoms with E-state index in [0.29, 0.717) is 26.1 Å². The monoisotopic (exact) mass is 558 g/mol. The number of hydrogen-bond acceptors (Lipinski definition) is 6. The molecule has 0 atom stereocenters. The Morgan fingerprint density at radius 2 is 1.68 bits per heavy atom. The molecule has 0 radical (unpaired) electrons. The fraction of sp³-hybridized carbons (Fsp3) is 0.394. The van der Waals surface area contributed by atoms with Crippen molar-refractivity contribution in [3.8, 4) is 22.4 Å². The number of benzene rings is 2. The molecule has 8 heteroatoms. The molecule has 0 aliphatic rings. The van der Waals surface area contributed by atoms with Crippen molar-refractivity contribution >= 4 is 11.6 Å². The third-order valence-corrected chi connectivity index (χ3v) is 6.82. The molecule has 41 heavy (non-hydrogen) atoms. The van der Waals surface area contributed by atoms with Crippen LogP contribution in [0.1, 0.15) is 50.9 Å². The van der Waals surface area contributed by atoms with Gasteiger partial charge in [-0.1, -0.05) is 69.0 Å². The van der Waals surface area contributed by atoms with Crippen LogP contribution < -0.4 is 11.1 Å². The maximum atomic E-state index is 12.7. The minimum absolute atomic E-state index is 0.131. The van der Waals surface area contributed by atoms with Crippen molar-refractivity contribution in [3.05, 3.63) is 84.6 Å². The molecular formula is C33H46N6O2. The molecule has 0 aliphatic carbocycles. The lowest BCUT2D eigenvalue weighted by Crippen LogP contribution is -2.31. The third-order valence-electron chi connectivity index (χ3n) is 6.82. The summed E-state index contributed by atoms with van der Waals surface area (Å²) >= 11 is 0. The number of nitrogens with two attached hydrogens (primary N) is 1. The van der Waals surface area contributed by atoms with Crippen LogP contribution >= 0.6 is 0 Å². The number of H-pyrrole nitrogens is 1. The van der Waals surface area contributed by atoms with Crippen LogP contribution in [0.25, 0.3) is 28.1 Å². The van der Waals surface area contributed by atoms with E-state index in [2.05, 4.69) is 96.2 Å². The number of likely N-dealkylation sites (N-methyl/N-ethyl adjacent to an activating group) is 1. The van der Waals surface area contributed by atoms with Crippen LogP contribution in [0.3, 0.4) is 0 Å². The molecule has 1 heterocycles. The first kappa shape index (κ1) is 31.6. The van der Waals surface area contributed by atoms with Crippen molar-refractivity contribution in [2.45, 2.75) is 46.1 Å². The molecule has 0 bridgehead atoms. The maximum Gasteiger partial charge on any atom is 0.223 e. The molecule has 0 aliphatic heterocycles. The summed E-state index contributed by atoms with van der Waals surface area (Å²) in [6, 6.07) is 16.7. The van der Waals surface area contributed by atoms with Crippen molar-refractivity contribution in [1.29, 1.82) is 0 Å². The largest absolute Gasteiger partial charge is 0.403 e. The summed E-state index contributed by atoms with van der Waals surface area (Å²) < 4.78 is 5.08. The average Bonchev–Trinajstić information content (AvgIpc) is 3.44. The van der Waals surface area contributed by atoms with Crippen LogP contribution in [0.5, 0.6) is 0 Å². The molecule has 1 amide bonds. The number of aromatic amines is 1. The Bertz CT molecular complexity index is 1260. The molecule has 3 aromatic rings. The molecule has 0 fully saturated rings. The zero-order valence-corrected chi connectivity index (χ0v) is 25.1. The molecule has 0 spiro atoms. The maximum absolute atomic E-state index is 12.7. The molecule has 0 saturated carbocycles. The average molecular weight is 559 g/mol. The molecule has 220 valence electrons. The first-order chi connectivity index (χ1) is 19.9. The lowest BCUT2D eigenvalue weighted by atomic mass is 10.0. The minimum Gasteiger partial charge on any atom is -0.403 e.